The Bertz CT molecular complexity index is 550. The van der Waals surface area contributed by atoms with E-state index in [1.165, 1.54) is 12.5 Å². The van der Waals surface area contributed by atoms with Crippen molar-refractivity contribution in [3.05, 3.63) is 18.1 Å². The molecule has 1 aromatic heterocycles. The smallest absolute Gasteiger partial charge is 0.194 e. The molecule has 98 valence electrons. The molecule has 2 bridgehead atoms. The van der Waals surface area contributed by atoms with E-state index in [2.05, 4.69) is 14.9 Å². The van der Waals surface area contributed by atoms with E-state index >= 15 is 0 Å². The predicted octanol–water partition coefficient (Wildman–Crippen LogP) is 0.689. The number of hydrogen-bond acceptors (Lipinski definition) is 5. The first-order valence-corrected chi connectivity index (χ1v) is 8.18. The van der Waals surface area contributed by atoms with Crippen molar-refractivity contribution in [2.45, 2.75) is 23.8 Å². The number of rotatable bonds is 2. The molecule has 0 spiro atoms. The predicted molar refractivity (Wildman–Crippen MR) is 67.0 cm³/mol. The van der Waals surface area contributed by atoms with Crippen LogP contribution in [0, 0.1) is 5.92 Å². The lowest BCUT2D eigenvalue weighted by Gasteiger charge is -2.44. The molecule has 4 heterocycles. The van der Waals surface area contributed by atoms with Gasteiger partial charge in [0.15, 0.2) is 14.9 Å². The van der Waals surface area contributed by atoms with E-state index in [0.29, 0.717) is 11.6 Å². The normalized spacial score (nSPS) is 31.5. The summed E-state index contributed by atoms with van der Waals surface area (Å²) in [4.78, 5) is 10.8. The van der Waals surface area contributed by atoms with Crippen LogP contribution >= 0.6 is 0 Å². The Morgan fingerprint density at radius 3 is 2.44 bits per heavy atom. The molecular formula is C12H17N3O2S. The highest BCUT2D eigenvalue weighted by Crippen LogP contribution is 2.39. The van der Waals surface area contributed by atoms with Gasteiger partial charge in [-0.05, 0) is 31.8 Å². The van der Waals surface area contributed by atoms with Gasteiger partial charge in [0.1, 0.15) is 0 Å². The Morgan fingerprint density at radius 2 is 1.89 bits per heavy atom. The molecular weight excluding hydrogens is 250 g/mol. The first kappa shape index (κ1) is 12.0. The summed E-state index contributed by atoms with van der Waals surface area (Å²) >= 11 is 0. The lowest BCUT2D eigenvalue weighted by Crippen LogP contribution is -2.46. The molecule has 5 nitrogen and oxygen atoms in total. The van der Waals surface area contributed by atoms with Crippen molar-refractivity contribution in [2.75, 3.05) is 25.9 Å². The zero-order chi connectivity index (χ0) is 12.8. The summed E-state index contributed by atoms with van der Waals surface area (Å²) in [7, 11) is -3.29. The highest BCUT2D eigenvalue weighted by molar-refractivity contribution is 7.90. The van der Waals surface area contributed by atoms with E-state index in [1.54, 1.807) is 6.20 Å². The summed E-state index contributed by atoms with van der Waals surface area (Å²) in [6.45, 7) is 3.19. The van der Waals surface area contributed by atoms with Gasteiger partial charge in [0, 0.05) is 31.1 Å². The van der Waals surface area contributed by atoms with Crippen molar-refractivity contribution in [3.8, 4) is 0 Å². The van der Waals surface area contributed by atoms with Crippen molar-refractivity contribution in [3.63, 3.8) is 0 Å². The number of sulfone groups is 1. The Kier molecular flexibility index (Phi) is 2.86. The zero-order valence-corrected chi connectivity index (χ0v) is 11.2. The molecule has 3 aliphatic rings. The lowest BCUT2D eigenvalue weighted by atomic mass is 9.77. The Hall–Kier alpha value is -1.01. The molecule has 0 unspecified atom stereocenters. The van der Waals surface area contributed by atoms with Crippen LogP contribution in [0.2, 0.25) is 0 Å². The molecule has 0 aromatic carbocycles. The summed E-state index contributed by atoms with van der Waals surface area (Å²) in [5, 5.41) is 0.170. The third-order valence-electron chi connectivity index (χ3n) is 4.05. The molecule has 0 N–H and O–H groups in total. The molecule has 18 heavy (non-hydrogen) atoms. The van der Waals surface area contributed by atoms with Crippen molar-refractivity contribution in [1.29, 1.82) is 0 Å². The van der Waals surface area contributed by atoms with E-state index in [9.17, 15) is 8.42 Å². The summed E-state index contributed by atoms with van der Waals surface area (Å²) in [6.07, 6.45) is 6.56. The van der Waals surface area contributed by atoms with E-state index < -0.39 is 9.84 Å². The summed E-state index contributed by atoms with van der Waals surface area (Å²) < 4.78 is 23.6. The fourth-order valence-corrected chi connectivity index (χ4v) is 3.99. The van der Waals surface area contributed by atoms with Crippen molar-refractivity contribution in [1.82, 2.24) is 14.9 Å². The maximum absolute atomic E-state index is 11.8. The van der Waals surface area contributed by atoms with Gasteiger partial charge in [-0.2, -0.15) is 0 Å². The van der Waals surface area contributed by atoms with E-state index in [0.717, 1.165) is 32.5 Å². The van der Waals surface area contributed by atoms with Crippen LogP contribution in [0.4, 0.5) is 0 Å². The lowest BCUT2D eigenvalue weighted by molar-refractivity contribution is 0.0839. The van der Waals surface area contributed by atoms with Crippen LogP contribution in [0.5, 0.6) is 0 Å². The molecule has 3 fully saturated rings. The fourth-order valence-electron chi connectivity index (χ4n) is 3.15. The maximum Gasteiger partial charge on any atom is 0.194 e. The monoisotopic (exact) mass is 267 g/mol. The van der Waals surface area contributed by atoms with Crippen LogP contribution in [0.3, 0.4) is 0 Å². The second-order valence-electron chi connectivity index (χ2n) is 5.26. The number of piperidine rings is 3. The van der Waals surface area contributed by atoms with Crippen LogP contribution in [0.15, 0.2) is 17.4 Å². The Labute approximate surface area is 107 Å². The van der Waals surface area contributed by atoms with Crippen molar-refractivity contribution < 1.29 is 8.42 Å². The van der Waals surface area contributed by atoms with Gasteiger partial charge in [0.05, 0.1) is 5.69 Å². The SMILES string of the molecule is CS(=O)(=O)c1nccnc1[C@H]1CN2CCC1CC2. The van der Waals surface area contributed by atoms with E-state index in [4.69, 9.17) is 0 Å². The van der Waals surface area contributed by atoms with Crippen molar-refractivity contribution >= 4 is 9.84 Å². The minimum Gasteiger partial charge on any atom is -0.303 e. The van der Waals surface area contributed by atoms with E-state index in [-0.39, 0.29) is 10.9 Å². The molecule has 3 aliphatic heterocycles. The zero-order valence-electron chi connectivity index (χ0n) is 10.4. The molecule has 3 saturated heterocycles. The third-order valence-corrected chi connectivity index (χ3v) is 5.07. The molecule has 4 rings (SSSR count). The minimum atomic E-state index is -3.29. The topological polar surface area (TPSA) is 63.2 Å². The van der Waals surface area contributed by atoms with Gasteiger partial charge in [-0.25, -0.2) is 13.4 Å². The molecule has 1 aromatic rings. The van der Waals surface area contributed by atoms with Gasteiger partial charge >= 0.3 is 0 Å². The van der Waals surface area contributed by atoms with Gasteiger partial charge < -0.3 is 4.90 Å². The number of nitrogens with zero attached hydrogens (tertiary/aromatic N) is 3. The number of hydrogen-bond donors (Lipinski definition) is 0. The van der Waals surface area contributed by atoms with Crippen LogP contribution in [-0.2, 0) is 9.84 Å². The molecule has 6 heteroatoms. The standard InChI is InChI=1S/C12H17N3O2S/c1-18(16,17)12-11(13-4-5-14-12)10-8-15-6-2-9(10)3-7-15/h4-5,9-10H,2-3,6-8H2,1H3/t10-/m0/s1. The average molecular weight is 267 g/mol. The van der Waals surface area contributed by atoms with Crippen LogP contribution < -0.4 is 0 Å². The van der Waals surface area contributed by atoms with Gasteiger partial charge in [-0.1, -0.05) is 0 Å². The van der Waals surface area contributed by atoms with Crippen LogP contribution in [0.25, 0.3) is 0 Å². The second kappa shape index (κ2) is 4.28. The number of fused-ring (bicyclic) bond motifs is 3. The van der Waals surface area contributed by atoms with E-state index in [1.807, 2.05) is 0 Å². The third kappa shape index (κ3) is 2.03. The Morgan fingerprint density at radius 1 is 1.22 bits per heavy atom. The average Bonchev–Trinajstić information content (AvgIpc) is 2.39. The highest BCUT2D eigenvalue weighted by atomic mass is 32.2. The fraction of sp³-hybridized carbons (Fsp3) is 0.667. The largest absolute Gasteiger partial charge is 0.303 e. The maximum atomic E-state index is 11.8. The van der Waals surface area contributed by atoms with Gasteiger partial charge in [-0.3, -0.25) is 4.98 Å². The number of aromatic nitrogens is 2. The second-order valence-corrected chi connectivity index (χ2v) is 7.19. The van der Waals surface area contributed by atoms with Gasteiger partial charge in [0.25, 0.3) is 0 Å². The van der Waals surface area contributed by atoms with Crippen LogP contribution in [0.1, 0.15) is 24.5 Å². The summed E-state index contributed by atoms with van der Waals surface area (Å²) in [5.41, 5.74) is 0.675. The van der Waals surface area contributed by atoms with Gasteiger partial charge in [-0.15, -0.1) is 0 Å². The van der Waals surface area contributed by atoms with Crippen molar-refractivity contribution in [2.24, 2.45) is 5.92 Å². The summed E-state index contributed by atoms with van der Waals surface area (Å²) in [5.74, 6) is 0.790. The quantitative estimate of drug-likeness (QED) is 0.789. The highest BCUT2D eigenvalue weighted by Gasteiger charge is 2.38. The first-order chi connectivity index (χ1) is 8.55. The molecule has 1 atom stereocenters. The van der Waals surface area contributed by atoms with Gasteiger partial charge in [0.2, 0.25) is 0 Å². The summed E-state index contributed by atoms with van der Waals surface area (Å²) in [6, 6.07) is 0. The molecule has 0 amide bonds. The molecule has 0 saturated carbocycles. The minimum absolute atomic E-state index is 0.170. The Balaban J connectivity index is 2.02. The molecule has 0 aliphatic carbocycles. The molecule has 0 radical (unpaired) electrons. The first-order valence-electron chi connectivity index (χ1n) is 6.29. The van der Waals surface area contributed by atoms with Crippen LogP contribution in [-0.4, -0.2) is 49.2 Å².